The Morgan fingerprint density at radius 3 is 2.44 bits per heavy atom. The van der Waals surface area contributed by atoms with Gasteiger partial charge in [-0.3, -0.25) is 9.59 Å². The second kappa shape index (κ2) is 8.36. The number of amides is 1. The van der Waals surface area contributed by atoms with Crippen LogP contribution in [0.2, 0.25) is 0 Å². The molecule has 0 fully saturated rings. The van der Waals surface area contributed by atoms with Gasteiger partial charge in [0.05, 0.1) is 25.0 Å². The van der Waals surface area contributed by atoms with E-state index in [4.69, 9.17) is 5.73 Å². The predicted octanol–water partition coefficient (Wildman–Crippen LogP) is -0.0386. The zero-order valence-corrected chi connectivity index (χ0v) is 12.2. The molecule has 0 aromatic heterocycles. The minimum Gasteiger partial charge on any atom is -0.469 e. The fourth-order valence-corrected chi connectivity index (χ4v) is 3.88. The molecule has 0 spiro atoms. The van der Waals surface area contributed by atoms with Gasteiger partial charge >= 0.3 is 5.97 Å². The summed E-state index contributed by atoms with van der Waals surface area (Å²) in [5.74, 6) is -0.777. The highest BCUT2D eigenvalue weighted by atomic mass is 32.2. The maximum absolute atomic E-state index is 11.5. The van der Waals surface area contributed by atoms with E-state index in [0.29, 0.717) is 5.75 Å². The summed E-state index contributed by atoms with van der Waals surface area (Å²) in [4.78, 5) is 21.4. The number of primary amides is 1. The van der Waals surface area contributed by atoms with E-state index in [2.05, 4.69) is 4.74 Å². The van der Waals surface area contributed by atoms with Gasteiger partial charge in [-0.05, 0) is 0 Å². The second-order valence-electron chi connectivity index (χ2n) is 3.83. The number of hydrogen-bond acceptors (Lipinski definition) is 6. The molecule has 106 valence electrons. The molecule has 8 heteroatoms. The average molecular weight is 297 g/mol. The number of carbonyl (C=O) groups is 2. The molecule has 1 unspecified atom stereocenters. The van der Waals surface area contributed by atoms with Gasteiger partial charge in [-0.15, -0.1) is 0 Å². The fourth-order valence-electron chi connectivity index (χ4n) is 1.11. The molecule has 0 aliphatic rings. The van der Waals surface area contributed by atoms with E-state index >= 15 is 0 Å². The molecule has 0 bridgehead atoms. The van der Waals surface area contributed by atoms with Gasteiger partial charge < -0.3 is 10.5 Å². The molecule has 0 saturated carbocycles. The molecule has 0 radical (unpaired) electrons. The number of ether oxygens (including phenoxy) is 1. The minimum absolute atomic E-state index is 0.00351. The van der Waals surface area contributed by atoms with Crippen molar-refractivity contribution in [2.45, 2.75) is 25.0 Å². The van der Waals surface area contributed by atoms with Gasteiger partial charge in [-0.1, -0.05) is 6.92 Å². The third-order valence-electron chi connectivity index (χ3n) is 2.14. The average Bonchev–Trinajstić information content (AvgIpc) is 2.26. The van der Waals surface area contributed by atoms with Crippen LogP contribution in [0.25, 0.3) is 0 Å². The lowest BCUT2D eigenvalue weighted by Gasteiger charge is -2.09. The van der Waals surface area contributed by atoms with Crippen LogP contribution >= 0.6 is 11.8 Å². The molecule has 1 atom stereocenters. The number of hydrogen-bond donors (Lipinski definition) is 1. The molecule has 0 aliphatic carbocycles. The molecule has 6 nitrogen and oxygen atoms in total. The SMILES string of the molecule is COC(=O)CC(C)SCCS(=O)(=O)CCC(N)=O. The largest absolute Gasteiger partial charge is 0.469 e. The van der Waals surface area contributed by atoms with Gasteiger partial charge in [0.2, 0.25) is 5.91 Å². The molecular formula is C10H19NO5S2. The smallest absolute Gasteiger partial charge is 0.306 e. The van der Waals surface area contributed by atoms with Crippen molar-refractivity contribution in [3.05, 3.63) is 0 Å². The number of rotatable bonds is 9. The van der Waals surface area contributed by atoms with Gasteiger partial charge in [0, 0.05) is 17.4 Å². The van der Waals surface area contributed by atoms with Crippen molar-refractivity contribution in [3.8, 4) is 0 Å². The van der Waals surface area contributed by atoms with Crippen LogP contribution in [-0.4, -0.2) is 49.9 Å². The summed E-state index contributed by atoms with van der Waals surface area (Å²) >= 11 is 1.39. The van der Waals surface area contributed by atoms with Gasteiger partial charge in [0.1, 0.15) is 0 Å². The lowest BCUT2D eigenvalue weighted by molar-refractivity contribution is -0.140. The van der Waals surface area contributed by atoms with Gasteiger partial charge in [-0.2, -0.15) is 11.8 Å². The van der Waals surface area contributed by atoms with Crippen molar-refractivity contribution in [1.29, 1.82) is 0 Å². The van der Waals surface area contributed by atoms with E-state index in [0.717, 1.165) is 0 Å². The summed E-state index contributed by atoms with van der Waals surface area (Å²) in [5.41, 5.74) is 4.89. The molecule has 0 saturated heterocycles. The zero-order chi connectivity index (χ0) is 14.2. The van der Waals surface area contributed by atoms with E-state index < -0.39 is 15.7 Å². The van der Waals surface area contributed by atoms with E-state index in [1.807, 2.05) is 6.92 Å². The molecule has 18 heavy (non-hydrogen) atoms. The minimum atomic E-state index is -3.24. The fraction of sp³-hybridized carbons (Fsp3) is 0.800. The second-order valence-corrected chi connectivity index (χ2v) is 7.68. The highest BCUT2D eigenvalue weighted by Gasteiger charge is 2.14. The Labute approximate surface area is 112 Å². The Balaban J connectivity index is 3.89. The topological polar surface area (TPSA) is 104 Å². The van der Waals surface area contributed by atoms with E-state index in [1.54, 1.807) is 0 Å². The maximum Gasteiger partial charge on any atom is 0.306 e. The van der Waals surface area contributed by atoms with E-state index in [9.17, 15) is 18.0 Å². The predicted molar refractivity (Wildman–Crippen MR) is 71.0 cm³/mol. The van der Waals surface area contributed by atoms with E-state index in [1.165, 1.54) is 18.9 Å². The zero-order valence-electron chi connectivity index (χ0n) is 10.5. The van der Waals surface area contributed by atoms with Crippen molar-refractivity contribution in [2.75, 3.05) is 24.4 Å². The van der Waals surface area contributed by atoms with Crippen LogP contribution in [0.5, 0.6) is 0 Å². The number of methoxy groups -OCH3 is 1. The normalized spacial score (nSPS) is 13.0. The molecular weight excluding hydrogens is 278 g/mol. The van der Waals surface area contributed by atoms with Crippen LogP contribution in [0.3, 0.4) is 0 Å². The first-order valence-electron chi connectivity index (χ1n) is 5.44. The molecule has 0 aliphatic heterocycles. The van der Waals surface area contributed by atoms with Gasteiger partial charge in [-0.25, -0.2) is 8.42 Å². The summed E-state index contributed by atoms with van der Waals surface area (Å²) < 4.78 is 27.5. The first kappa shape index (κ1) is 17.2. The number of esters is 1. The third-order valence-corrected chi connectivity index (χ3v) is 5.22. The lowest BCUT2D eigenvalue weighted by atomic mass is 10.3. The third kappa shape index (κ3) is 9.29. The van der Waals surface area contributed by atoms with Crippen LogP contribution in [0.1, 0.15) is 19.8 Å². The van der Waals surface area contributed by atoms with Crippen molar-refractivity contribution >= 4 is 33.5 Å². The summed E-state index contributed by atoms with van der Waals surface area (Å²) in [6.07, 6.45) is 0.104. The van der Waals surface area contributed by atoms with Crippen molar-refractivity contribution < 1.29 is 22.7 Å². The van der Waals surface area contributed by atoms with E-state index in [-0.39, 0.29) is 35.6 Å². The van der Waals surface area contributed by atoms with Crippen LogP contribution in [0.15, 0.2) is 0 Å². The van der Waals surface area contributed by atoms with Crippen LogP contribution < -0.4 is 5.73 Å². The Hall–Kier alpha value is -0.760. The molecule has 2 N–H and O–H groups in total. The Morgan fingerprint density at radius 2 is 1.94 bits per heavy atom. The monoisotopic (exact) mass is 297 g/mol. The number of sulfone groups is 1. The first-order chi connectivity index (χ1) is 8.26. The molecule has 0 aromatic carbocycles. The standard InChI is InChI=1S/C10H19NO5S2/c1-8(7-10(13)16-2)17-4-6-18(14,15)5-3-9(11)12/h8H,3-7H2,1-2H3,(H2,11,12). The van der Waals surface area contributed by atoms with Gasteiger partial charge in [0.25, 0.3) is 0 Å². The highest BCUT2D eigenvalue weighted by Crippen LogP contribution is 2.15. The Morgan fingerprint density at radius 1 is 1.33 bits per heavy atom. The Kier molecular flexibility index (Phi) is 8.01. The van der Waals surface area contributed by atoms with Crippen molar-refractivity contribution in [3.63, 3.8) is 0 Å². The van der Waals surface area contributed by atoms with Crippen LogP contribution in [0, 0.1) is 0 Å². The Bertz CT molecular complexity index is 380. The summed E-state index contributed by atoms with van der Waals surface area (Å²) in [7, 11) is -1.93. The van der Waals surface area contributed by atoms with Crippen molar-refractivity contribution in [1.82, 2.24) is 0 Å². The lowest BCUT2D eigenvalue weighted by Crippen LogP contribution is -2.20. The highest BCUT2D eigenvalue weighted by molar-refractivity contribution is 8.01. The molecule has 0 aromatic rings. The van der Waals surface area contributed by atoms with Gasteiger partial charge in [0.15, 0.2) is 9.84 Å². The quantitative estimate of drug-likeness (QED) is 0.599. The number of nitrogens with two attached hydrogens (primary N) is 1. The van der Waals surface area contributed by atoms with Crippen LogP contribution in [0.4, 0.5) is 0 Å². The molecule has 1 amide bonds. The summed E-state index contributed by atoms with van der Waals surface area (Å²) in [5, 5.41) is 0.00351. The summed E-state index contributed by atoms with van der Waals surface area (Å²) in [6.45, 7) is 1.83. The number of thioether (sulfide) groups is 1. The number of carbonyl (C=O) groups excluding carboxylic acids is 2. The molecule has 0 rings (SSSR count). The summed E-state index contributed by atoms with van der Waals surface area (Å²) in [6, 6.07) is 0. The van der Waals surface area contributed by atoms with Crippen LogP contribution in [-0.2, 0) is 24.2 Å². The maximum atomic E-state index is 11.5. The first-order valence-corrected chi connectivity index (χ1v) is 8.31. The van der Waals surface area contributed by atoms with Crippen molar-refractivity contribution in [2.24, 2.45) is 5.73 Å². The molecule has 0 heterocycles.